The lowest BCUT2D eigenvalue weighted by Gasteiger charge is -2.17. The number of ketones is 1. The minimum Gasteiger partial charge on any atom is -0.375 e. The van der Waals surface area contributed by atoms with Gasteiger partial charge < -0.3 is 5.32 Å². The van der Waals surface area contributed by atoms with E-state index in [1.807, 2.05) is 37.3 Å². The van der Waals surface area contributed by atoms with Crippen LogP contribution in [0.5, 0.6) is 0 Å². The van der Waals surface area contributed by atoms with Crippen LogP contribution >= 0.6 is 0 Å². The van der Waals surface area contributed by atoms with Crippen LogP contribution in [0.25, 0.3) is 5.69 Å². The number of benzene rings is 2. The van der Waals surface area contributed by atoms with Crippen molar-refractivity contribution in [3.05, 3.63) is 65.7 Å². The second-order valence-corrected chi connectivity index (χ2v) is 5.37. The first kappa shape index (κ1) is 15.8. The topological polar surface area (TPSA) is 72.7 Å². The van der Waals surface area contributed by atoms with E-state index in [1.165, 1.54) is 13.0 Å². The SMILES string of the molecule is CC(=O)c1c(F)cccc1N[C@H](C)c1nnnn1-c1ccccc1. The molecule has 1 atom stereocenters. The molecular formula is C17H16FN5O. The van der Waals surface area contributed by atoms with Gasteiger partial charge in [-0.15, -0.1) is 5.10 Å². The number of para-hydroxylation sites is 1. The predicted octanol–water partition coefficient (Wildman–Crippen LogP) is 3.18. The van der Waals surface area contributed by atoms with Crippen molar-refractivity contribution in [1.29, 1.82) is 0 Å². The number of halogens is 1. The molecule has 0 saturated heterocycles. The fourth-order valence-corrected chi connectivity index (χ4v) is 2.52. The average molecular weight is 325 g/mol. The van der Waals surface area contributed by atoms with E-state index < -0.39 is 5.82 Å². The highest BCUT2D eigenvalue weighted by atomic mass is 19.1. The zero-order valence-corrected chi connectivity index (χ0v) is 13.3. The van der Waals surface area contributed by atoms with Gasteiger partial charge in [-0.1, -0.05) is 24.3 Å². The quantitative estimate of drug-likeness (QED) is 0.729. The smallest absolute Gasteiger partial charge is 0.178 e. The molecule has 2 aromatic carbocycles. The van der Waals surface area contributed by atoms with Gasteiger partial charge in [0.05, 0.1) is 17.3 Å². The van der Waals surface area contributed by atoms with Crippen LogP contribution in [0, 0.1) is 5.82 Å². The van der Waals surface area contributed by atoms with Crippen molar-refractivity contribution < 1.29 is 9.18 Å². The van der Waals surface area contributed by atoms with Crippen molar-refractivity contribution in [2.24, 2.45) is 0 Å². The normalized spacial score (nSPS) is 12.0. The Morgan fingerprint density at radius 2 is 1.92 bits per heavy atom. The Kier molecular flexibility index (Phi) is 4.33. The second-order valence-electron chi connectivity index (χ2n) is 5.37. The van der Waals surface area contributed by atoms with Gasteiger partial charge >= 0.3 is 0 Å². The van der Waals surface area contributed by atoms with Gasteiger partial charge in [0.2, 0.25) is 0 Å². The molecule has 0 spiro atoms. The Bertz CT molecular complexity index is 862. The maximum absolute atomic E-state index is 13.9. The van der Waals surface area contributed by atoms with Gasteiger partial charge in [-0.25, -0.2) is 4.39 Å². The Morgan fingerprint density at radius 3 is 2.62 bits per heavy atom. The highest BCUT2D eigenvalue weighted by Gasteiger charge is 2.19. The van der Waals surface area contributed by atoms with Gasteiger partial charge in [0.15, 0.2) is 11.6 Å². The maximum atomic E-state index is 13.9. The standard InChI is InChI=1S/C17H16FN5O/c1-11(19-15-10-6-9-14(18)16(15)12(2)24)17-20-21-22-23(17)13-7-4-3-5-8-13/h3-11,19H,1-2H3/t11-/m1/s1. The van der Waals surface area contributed by atoms with Gasteiger partial charge in [0.1, 0.15) is 5.82 Å². The zero-order valence-electron chi connectivity index (χ0n) is 13.3. The van der Waals surface area contributed by atoms with Gasteiger partial charge in [-0.2, -0.15) is 4.68 Å². The molecule has 0 unspecified atom stereocenters. The molecule has 3 rings (SSSR count). The van der Waals surface area contributed by atoms with Gasteiger partial charge in [-0.3, -0.25) is 4.79 Å². The zero-order chi connectivity index (χ0) is 17.1. The lowest BCUT2D eigenvalue weighted by Crippen LogP contribution is -2.16. The third-order valence-corrected chi connectivity index (χ3v) is 3.62. The summed E-state index contributed by atoms with van der Waals surface area (Å²) in [6.45, 7) is 3.18. The van der Waals surface area contributed by atoms with E-state index in [4.69, 9.17) is 0 Å². The van der Waals surface area contributed by atoms with Crippen LogP contribution in [0.4, 0.5) is 10.1 Å². The number of rotatable bonds is 5. The van der Waals surface area contributed by atoms with Crippen LogP contribution in [0.2, 0.25) is 0 Å². The monoisotopic (exact) mass is 325 g/mol. The lowest BCUT2D eigenvalue weighted by molar-refractivity contribution is 0.101. The molecule has 0 fully saturated rings. The molecule has 0 aliphatic heterocycles. The molecule has 6 nitrogen and oxygen atoms in total. The van der Waals surface area contributed by atoms with E-state index in [9.17, 15) is 9.18 Å². The fourth-order valence-electron chi connectivity index (χ4n) is 2.52. The van der Waals surface area contributed by atoms with Crippen molar-refractivity contribution in [3.63, 3.8) is 0 Å². The summed E-state index contributed by atoms with van der Waals surface area (Å²) in [5.41, 5.74) is 1.26. The molecule has 0 bridgehead atoms. The summed E-state index contributed by atoms with van der Waals surface area (Å²) >= 11 is 0. The number of nitrogens with zero attached hydrogens (tertiary/aromatic N) is 4. The summed E-state index contributed by atoms with van der Waals surface area (Å²) in [6.07, 6.45) is 0. The van der Waals surface area contributed by atoms with Gasteiger partial charge in [0, 0.05) is 5.69 Å². The minimum absolute atomic E-state index is 0.0306. The van der Waals surface area contributed by atoms with Crippen molar-refractivity contribution in [2.45, 2.75) is 19.9 Å². The lowest BCUT2D eigenvalue weighted by atomic mass is 10.1. The van der Waals surface area contributed by atoms with Crippen LogP contribution in [-0.2, 0) is 0 Å². The first-order valence-electron chi connectivity index (χ1n) is 7.47. The molecule has 24 heavy (non-hydrogen) atoms. The molecular weight excluding hydrogens is 309 g/mol. The van der Waals surface area contributed by atoms with Crippen LogP contribution in [0.1, 0.15) is 36.1 Å². The van der Waals surface area contributed by atoms with Crippen LogP contribution < -0.4 is 5.32 Å². The number of hydrogen-bond donors (Lipinski definition) is 1. The van der Waals surface area contributed by atoms with Crippen LogP contribution in [0.15, 0.2) is 48.5 Å². The molecule has 0 aliphatic carbocycles. The molecule has 0 radical (unpaired) electrons. The number of Topliss-reactive ketones (excluding diaryl/α,β-unsaturated/α-hetero) is 1. The third-order valence-electron chi connectivity index (χ3n) is 3.62. The molecule has 1 heterocycles. The summed E-state index contributed by atoms with van der Waals surface area (Å²) in [7, 11) is 0. The molecule has 122 valence electrons. The fraction of sp³-hybridized carbons (Fsp3) is 0.176. The molecule has 0 amide bonds. The summed E-state index contributed by atoms with van der Waals surface area (Å²) in [5.74, 6) is -0.340. The van der Waals surface area contributed by atoms with E-state index >= 15 is 0 Å². The minimum atomic E-state index is -0.553. The third kappa shape index (κ3) is 3.01. The molecule has 0 aliphatic rings. The van der Waals surface area contributed by atoms with E-state index in [-0.39, 0.29) is 17.4 Å². The number of hydrogen-bond acceptors (Lipinski definition) is 5. The number of anilines is 1. The predicted molar refractivity (Wildman–Crippen MR) is 87.6 cm³/mol. The Labute approximate surface area is 138 Å². The molecule has 3 aromatic rings. The Hall–Kier alpha value is -3.09. The van der Waals surface area contributed by atoms with Crippen molar-refractivity contribution in [1.82, 2.24) is 20.2 Å². The highest BCUT2D eigenvalue weighted by Crippen LogP contribution is 2.24. The highest BCUT2D eigenvalue weighted by molar-refractivity contribution is 5.99. The van der Waals surface area contributed by atoms with Crippen LogP contribution in [-0.4, -0.2) is 26.0 Å². The summed E-state index contributed by atoms with van der Waals surface area (Å²) in [6, 6.07) is 13.6. The first-order valence-corrected chi connectivity index (χ1v) is 7.47. The largest absolute Gasteiger partial charge is 0.375 e. The molecule has 7 heteroatoms. The summed E-state index contributed by atoms with van der Waals surface area (Å²) in [4.78, 5) is 11.7. The first-order chi connectivity index (χ1) is 11.6. The molecule has 1 aromatic heterocycles. The average Bonchev–Trinajstić information content (AvgIpc) is 3.05. The number of nitrogens with one attached hydrogen (secondary N) is 1. The number of tetrazole rings is 1. The maximum Gasteiger partial charge on any atom is 0.178 e. The second kappa shape index (κ2) is 6.57. The van der Waals surface area contributed by atoms with E-state index in [0.717, 1.165) is 5.69 Å². The Balaban J connectivity index is 1.93. The number of carbonyl (C=O) groups is 1. The summed E-state index contributed by atoms with van der Waals surface area (Å²) in [5, 5.41) is 14.9. The van der Waals surface area contributed by atoms with Crippen molar-refractivity contribution >= 4 is 11.5 Å². The van der Waals surface area contributed by atoms with Crippen molar-refractivity contribution in [2.75, 3.05) is 5.32 Å². The molecule has 0 saturated carbocycles. The molecule has 1 N–H and O–H groups in total. The van der Waals surface area contributed by atoms with E-state index in [1.54, 1.807) is 16.8 Å². The van der Waals surface area contributed by atoms with Crippen molar-refractivity contribution in [3.8, 4) is 5.69 Å². The van der Waals surface area contributed by atoms with E-state index in [0.29, 0.717) is 11.5 Å². The number of aromatic nitrogens is 4. The Morgan fingerprint density at radius 1 is 1.17 bits per heavy atom. The van der Waals surface area contributed by atoms with Gasteiger partial charge in [0.25, 0.3) is 0 Å². The van der Waals surface area contributed by atoms with E-state index in [2.05, 4.69) is 20.8 Å². The summed E-state index contributed by atoms with van der Waals surface area (Å²) < 4.78 is 15.5. The number of carbonyl (C=O) groups excluding carboxylic acids is 1. The van der Waals surface area contributed by atoms with Crippen LogP contribution in [0.3, 0.4) is 0 Å². The van der Waals surface area contributed by atoms with Gasteiger partial charge in [-0.05, 0) is 48.5 Å².